The molecule has 0 radical (unpaired) electrons. The Morgan fingerprint density at radius 3 is 2.50 bits per heavy atom. The summed E-state index contributed by atoms with van der Waals surface area (Å²) in [5, 5.41) is 10.2. The van der Waals surface area contributed by atoms with Crippen LogP contribution in [0.2, 0.25) is 0 Å². The van der Waals surface area contributed by atoms with Crippen LogP contribution in [0.3, 0.4) is 0 Å². The van der Waals surface area contributed by atoms with Crippen LogP contribution in [-0.4, -0.2) is 12.8 Å². The van der Waals surface area contributed by atoms with Gasteiger partial charge in [0.15, 0.2) is 0 Å². The predicted octanol–water partition coefficient (Wildman–Crippen LogP) is 1.08. The minimum absolute atomic E-state index is 0.0681. The summed E-state index contributed by atoms with van der Waals surface area (Å²) in [7, 11) is 0. The highest BCUT2D eigenvalue weighted by Gasteiger charge is 2.43. The number of ether oxygens (including phenoxy) is 1. The van der Waals surface area contributed by atoms with Crippen LogP contribution in [-0.2, 0) is 10.2 Å². The van der Waals surface area contributed by atoms with Gasteiger partial charge in [0, 0.05) is 12.0 Å². The summed E-state index contributed by atoms with van der Waals surface area (Å²) >= 11 is 0. The van der Waals surface area contributed by atoms with Crippen molar-refractivity contribution in [3.05, 3.63) is 35.9 Å². The van der Waals surface area contributed by atoms with Crippen LogP contribution in [0.5, 0.6) is 0 Å². The first-order chi connectivity index (χ1) is 6.73. The van der Waals surface area contributed by atoms with Gasteiger partial charge in [0.25, 0.3) is 6.16 Å². The van der Waals surface area contributed by atoms with E-state index in [0.717, 1.165) is 18.4 Å². The van der Waals surface area contributed by atoms with E-state index in [2.05, 4.69) is 4.74 Å². The Hall–Kier alpha value is -1.51. The van der Waals surface area contributed by atoms with Crippen LogP contribution in [0.1, 0.15) is 18.4 Å². The van der Waals surface area contributed by atoms with Crippen LogP contribution in [0.15, 0.2) is 30.3 Å². The molecule has 0 heterocycles. The molecule has 1 fully saturated rings. The first kappa shape index (κ1) is 9.06. The molecule has 0 bridgehead atoms. The maximum absolute atomic E-state index is 10.2. The van der Waals surface area contributed by atoms with Crippen LogP contribution in [0.4, 0.5) is 4.79 Å². The maximum Gasteiger partial charge on any atom is 0.252 e. The van der Waals surface area contributed by atoms with Crippen LogP contribution >= 0.6 is 0 Å². The molecule has 0 aromatic heterocycles. The fraction of sp³-hybridized carbons (Fsp3) is 0.364. The third kappa shape index (κ3) is 1.71. The third-order valence-corrected chi connectivity index (χ3v) is 2.71. The Labute approximate surface area is 82.3 Å². The summed E-state index contributed by atoms with van der Waals surface area (Å²) in [6.45, 7) is 0.222. The minimum Gasteiger partial charge on any atom is -0.549 e. The molecule has 0 saturated heterocycles. The molecule has 0 spiro atoms. The lowest BCUT2D eigenvalue weighted by atomic mass is 9.97. The molecule has 0 atom stereocenters. The van der Waals surface area contributed by atoms with Crippen LogP contribution < -0.4 is 5.11 Å². The highest BCUT2D eigenvalue weighted by atomic mass is 16.7. The number of hydrogen-bond acceptors (Lipinski definition) is 3. The average Bonchev–Trinajstić information content (AvgIpc) is 2.97. The van der Waals surface area contributed by atoms with Gasteiger partial charge >= 0.3 is 0 Å². The normalized spacial score (nSPS) is 17.4. The van der Waals surface area contributed by atoms with E-state index in [4.69, 9.17) is 0 Å². The molecule has 14 heavy (non-hydrogen) atoms. The van der Waals surface area contributed by atoms with Crippen molar-refractivity contribution in [2.75, 3.05) is 6.61 Å². The molecule has 1 aromatic rings. The van der Waals surface area contributed by atoms with E-state index >= 15 is 0 Å². The van der Waals surface area contributed by atoms with Crippen molar-refractivity contribution in [2.24, 2.45) is 0 Å². The maximum atomic E-state index is 10.2. The first-order valence-corrected chi connectivity index (χ1v) is 4.62. The molecule has 3 heteroatoms. The van der Waals surface area contributed by atoms with Gasteiger partial charge < -0.3 is 14.6 Å². The molecule has 1 aromatic carbocycles. The molecule has 74 valence electrons. The number of hydrogen-bond donors (Lipinski definition) is 0. The summed E-state index contributed by atoms with van der Waals surface area (Å²) in [5.41, 5.74) is 1.09. The molecular formula is C11H11O3-. The number of carboxylic acid groups (broad SMARTS) is 1. The van der Waals surface area contributed by atoms with Gasteiger partial charge in [-0.05, 0) is 18.4 Å². The lowest BCUT2D eigenvalue weighted by molar-refractivity contribution is -0.283. The second kappa shape index (κ2) is 3.33. The van der Waals surface area contributed by atoms with Gasteiger partial charge in [0.05, 0.1) is 0 Å². The van der Waals surface area contributed by atoms with E-state index in [9.17, 15) is 9.90 Å². The highest BCUT2D eigenvalue weighted by Crippen LogP contribution is 2.48. The van der Waals surface area contributed by atoms with Gasteiger partial charge in [-0.15, -0.1) is 0 Å². The van der Waals surface area contributed by atoms with Crippen molar-refractivity contribution in [3.63, 3.8) is 0 Å². The van der Waals surface area contributed by atoms with Gasteiger partial charge in [-0.2, -0.15) is 0 Å². The van der Waals surface area contributed by atoms with E-state index in [1.54, 1.807) is 0 Å². The Balaban J connectivity index is 2.06. The predicted molar refractivity (Wildman–Crippen MR) is 48.7 cm³/mol. The minimum atomic E-state index is -1.44. The lowest BCUT2D eigenvalue weighted by Crippen LogP contribution is -2.28. The van der Waals surface area contributed by atoms with Gasteiger partial charge in [0.2, 0.25) is 0 Å². The monoisotopic (exact) mass is 191 g/mol. The Morgan fingerprint density at radius 1 is 1.36 bits per heavy atom. The van der Waals surface area contributed by atoms with Crippen LogP contribution in [0.25, 0.3) is 0 Å². The zero-order chi connectivity index (χ0) is 10.0. The van der Waals surface area contributed by atoms with Gasteiger partial charge in [-0.25, -0.2) is 0 Å². The van der Waals surface area contributed by atoms with Crippen molar-refractivity contribution < 1.29 is 14.6 Å². The van der Waals surface area contributed by atoms with Crippen molar-refractivity contribution in [1.29, 1.82) is 0 Å². The van der Waals surface area contributed by atoms with Crippen molar-refractivity contribution >= 4 is 6.16 Å². The average molecular weight is 191 g/mol. The van der Waals surface area contributed by atoms with E-state index in [1.165, 1.54) is 0 Å². The molecule has 1 aliphatic carbocycles. The highest BCUT2D eigenvalue weighted by molar-refractivity contribution is 5.54. The second-order valence-electron chi connectivity index (χ2n) is 3.69. The summed E-state index contributed by atoms with van der Waals surface area (Å²) in [6.07, 6.45) is 0.543. The molecule has 0 amide bonds. The van der Waals surface area contributed by atoms with E-state index < -0.39 is 6.16 Å². The van der Waals surface area contributed by atoms with E-state index in [-0.39, 0.29) is 12.0 Å². The van der Waals surface area contributed by atoms with Gasteiger partial charge in [-0.1, -0.05) is 30.3 Å². The topological polar surface area (TPSA) is 49.4 Å². The summed E-state index contributed by atoms with van der Waals surface area (Å²) in [6, 6.07) is 9.86. The molecular weight excluding hydrogens is 180 g/mol. The fourth-order valence-corrected chi connectivity index (χ4v) is 1.66. The lowest BCUT2D eigenvalue weighted by Gasteiger charge is -2.18. The molecule has 1 saturated carbocycles. The third-order valence-electron chi connectivity index (χ3n) is 2.71. The smallest absolute Gasteiger partial charge is 0.252 e. The molecule has 0 N–H and O–H groups in total. The molecule has 2 rings (SSSR count). The zero-order valence-electron chi connectivity index (χ0n) is 7.73. The second-order valence-corrected chi connectivity index (χ2v) is 3.69. The molecule has 1 aliphatic rings. The molecule has 0 unspecified atom stereocenters. The first-order valence-electron chi connectivity index (χ1n) is 4.62. The van der Waals surface area contributed by atoms with Gasteiger partial charge in [0.1, 0.15) is 0 Å². The molecule has 0 aliphatic heterocycles. The number of carbonyl (C=O) groups is 1. The van der Waals surface area contributed by atoms with Crippen LogP contribution in [0, 0.1) is 0 Å². The Kier molecular flexibility index (Phi) is 2.15. The molecule has 3 nitrogen and oxygen atoms in total. The standard InChI is InChI=1S/C11H12O3/c12-10(13)14-8-11(6-7-11)9-4-2-1-3-5-9/h1-5H,6-8H2,(H,12,13)/p-1. The summed E-state index contributed by atoms with van der Waals surface area (Å²) in [4.78, 5) is 10.2. The quantitative estimate of drug-likeness (QED) is 0.671. The summed E-state index contributed by atoms with van der Waals surface area (Å²) < 4.78 is 4.53. The zero-order valence-corrected chi connectivity index (χ0v) is 7.73. The van der Waals surface area contributed by atoms with E-state index in [0.29, 0.717) is 0 Å². The van der Waals surface area contributed by atoms with Crippen molar-refractivity contribution in [3.8, 4) is 0 Å². The van der Waals surface area contributed by atoms with Crippen molar-refractivity contribution in [1.82, 2.24) is 0 Å². The number of carbonyl (C=O) groups excluding carboxylic acids is 1. The van der Waals surface area contributed by atoms with Gasteiger partial charge in [-0.3, -0.25) is 0 Å². The number of rotatable bonds is 3. The summed E-state index contributed by atoms with van der Waals surface area (Å²) in [5.74, 6) is 0. The van der Waals surface area contributed by atoms with E-state index in [1.807, 2.05) is 30.3 Å². The Morgan fingerprint density at radius 2 is 2.00 bits per heavy atom. The SMILES string of the molecule is O=C([O-])OCC1(c2ccccc2)CC1. The Bertz CT molecular complexity index is 328. The van der Waals surface area contributed by atoms with Crippen molar-refractivity contribution in [2.45, 2.75) is 18.3 Å². The fourth-order valence-electron chi connectivity index (χ4n) is 1.66. The largest absolute Gasteiger partial charge is 0.549 e. The number of benzene rings is 1.